The van der Waals surface area contributed by atoms with Crippen molar-refractivity contribution in [2.45, 2.75) is 26.4 Å². The van der Waals surface area contributed by atoms with Crippen molar-refractivity contribution < 1.29 is 4.79 Å². The van der Waals surface area contributed by atoms with Gasteiger partial charge in [-0.2, -0.15) is 5.26 Å². The number of para-hydroxylation sites is 1. The van der Waals surface area contributed by atoms with E-state index in [-0.39, 0.29) is 11.9 Å². The van der Waals surface area contributed by atoms with Crippen LogP contribution in [-0.4, -0.2) is 23.4 Å². The summed E-state index contributed by atoms with van der Waals surface area (Å²) in [7, 11) is 0. The highest BCUT2D eigenvalue weighted by molar-refractivity contribution is 7.09. The van der Waals surface area contributed by atoms with Gasteiger partial charge in [0.1, 0.15) is 6.07 Å². The van der Waals surface area contributed by atoms with E-state index in [1.54, 1.807) is 29.5 Å². The summed E-state index contributed by atoms with van der Waals surface area (Å²) in [5.41, 5.74) is 1.04. The van der Waals surface area contributed by atoms with Crippen molar-refractivity contribution in [1.29, 1.82) is 5.26 Å². The van der Waals surface area contributed by atoms with E-state index in [1.807, 2.05) is 31.4 Å². The van der Waals surface area contributed by atoms with Gasteiger partial charge < -0.3 is 5.32 Å². The first-order valence-corrected chi connectivity index (χ1v) is 8.10. The Morgan fingerprint density at radius 3 is 2.77 bits per heavy atom. The molecule has 4 nitrogen and oxygen atoms in total. The third-order valence-electron chi connectivity index (χ3n) is 3.58. The maximum atomic E-state index is 12.5. The lowest BCUT2D eigenvalue weighted by Crippen LogP contribution is -2.41. The second-order valence-corrected chi connectivity index (χ2v) is 6.00. The molecule has 0 unspecified atom stereocenters. The van der Waals surface area contributed by atoms with Gasteiger partial charge in [-0.1, -0.05) is 25.1 Å². The van der Waals surface area contributed by atoms with E-state index in [0.29, 0.717) is 11.3 Å². The SMILES string of the molecule is CCN(Cc1cccs1)[C@H](C)C(=O)Nc1ccccc1C#N. The molecule has 0 fully saturated rings. The number of carbonyl (C=O) groups is 1. The molecule has 0 aliphatic carbocycles. The zero-order chi connectivity index (χ0) is 15.9. The van der Waals surface area contributed by atoms with E-state index >= 15 is 0 Å². The maximum Gasteiger partial charge on any atom is 0.241 e. The van der Waals surface area contributed by atoms with Gasteiger partial charge in [0.05, 0.1) is 17.3 Å². The summed E-state index contributed by atoms with van der Waals surface area (Å²) in [6.07, 6.45) is 0. The molecule has 0 aliphatic rings. The standard InChI is InChI=1S/C17H19N3OS/c1-3-20(12-15-8-6-10-22-15)13(2)17(21)19-16-9-5-4-7-14(16)11-18/h4-10,13H,3,12H2,1-2H3,(H,19,21)/t13-/m1/s1. The number of hydrogen-bond acceptors (Lipinski definition) is 4. The minimum Gasteiger partial charge on any atom is -0.324 e. The molecule has 1 atom stereocenters. The molecule has 0 radical (unpaired) electrons. The summed E-state index contributed by atoms with van der Waals surface area (Å²) in [4.78, 5) is 15.8. The summed E-state index contributed by atoms with van der Waals surface area (Å²) in [5.74, 6) is -0.0962. The van der Waals surface area contributed by atoms with Crippen molar-refractivity contribution in [2.75, 3.05) is 11.9 Å². The first-order chi connectivity index (χ1) is 10.7. The molecule has 0 saturated carbocycles. The Morgan fingerprint density at radius 1 is 1.36 bits per heavy atom. The molecule has 1 amide bonds. The van der Waals surface area contributed by atoms with E-state index < -0.39 is 0 Å². The number of amides is 1. The highest BCUT2D eigenvalue weighted by Gasteiger charge is 2.21. The van der Waals surface area contributed by atoms with Gasteiger partial charge in [0, 0.05) is 11.4 Å². The predicted molar refractivity (Wildman–Crippen MR) is 89.7 cm³/mol. The van der Waals surface area contributed by atoms with Crippen molar-refractivity contribution in [1.82, 2.24) is 4.90 Å². The molecule has 1 N–H and O–H groups in total. The van der Waals surface area contributed by atoms with E-state index in [2.05, 4.69) is 22.4 Å². The first-order valence-electron chi connectivity index (χ1n) is 7.22. The molecule has 0 spiro atoms. The molecular formula is C17H19N3OS. The van der Waals surface area contributed by atoms with Crippen molar-refractivity contribution in [3.63, 3.8) is 0 Å². The maximum absolute atomic E-state index is 12.5. The van der Waals surface area contributed by atoms with Crippen molar-refractivity contribution in [3.05, 3.63) is 52.2 Å². The number of nitrogens with zero attached hydrogens (tertiary/aromatic N) is 2. The fourth-order valence-corrected chi connectivity index (χ4v) is 2.95. The highest BCUT2D eigenvalue weighted by Crippen LogP contribution is 2.17. The van der Waals surface area contributed by atoms with Crippen LogP contribution >= 0.6 is 11.3 Å². The van der Waals surface area contributed by atoms with Gasteiger partial charge in [0.25, 0.3) is 0 Å². The Kier molecular flexibility index (Phi) is 5.70. The topological polar surface area (TPSA) is 56.1 Å². The van der Waals surface area contributed by atoms with Crippen molar-refractivity contribution in [3.8, 4) is 6.07 Å². The Hall–Kier alpha value is -2.16. The minimum atomic E-state index is -0.265. The number of carbonyl (C=O) groups excluding carboxylic acids is 1. The number of anilines is 1. The quantitative estimate of drug-likeness (QED) is 0.888. The molecule has 5 heteroatoms. The number of rotatable bonds is 6. The van der Waals surface area contributed by atoms with Gasteiger partial charge >= 0.3 is 0 Å². The normalized spacial score (nSPS) is 11.9. The van der Waals surface area contributed by atoms with Gasteiger partial charge in [-0.25, -0.2) is 0 Å². The summed E-state index contributed by atoms with van der Waals surface area (Å²) in [6, 6.07) is 13.0. The van der Waals surface area contributed by atoms with Crippen LogP contribution in [0.4, 0.5) is 5.69 Å². The lowest BCUT2D eigenvalue weighted by Gasteiger charge is -2.26. The number of nitrogens with one attached hydrogen (secondary N) is 1. The first kappa shape index (κ1) is 16.2. The average molecular weight is 313 g/mol. The highest BCUT2D eigenvalue weighted by atomic mass is 32.1. The van der Waals surface area contributed by atoms with Crippen LogP contribution in [0.25, 0.3) is 0 Å². The molecule has 1 heterocycles. The number of thiophene rings is 1. The number of benzene rings is 1. The van der Waals surface area contributed by atoms with Crippen LogP contribution < -0.4 is 5.32 Å². The van der Waals surface area contributed by atoms with Gasteiger partial charge in [0.2, 0.25) is 5.91 Å². The smallest absolute Gasteiger partial charge is 0.241 e. The van der Waals surface area contributed by atoms with Gasteiger partial charge in [-0.05, 0) is 37.0 Å². The van der Waals surface area contributed by atoms with Gasteiger partial charge in [-0.15, -0.1) is 11.3 Å². The molecule has 0 saturated heterocycles. The van der Waals surface area contributed by atoms with Crippen LogP contribution in [0.1, 0.15) is 24.3 Å². The summed E-state index contributed by atoms with van der Waals surface area (Å²) in [5, 5.41) is 14.0. The van der Waals surface area contributed by atoms with Gasteiger partial charge in [0.15, 0.2) is 0 Å². The van der Waals surface area contributed by atoms with Crippen LogP contribution in [-0.2, 0) is 11.3 Å². The third-order valence-corrected chi connectivity index (χ3v) is 4.44. The fraction of sp³-hybridized carbons (Fsp3) is 0.294. The van der Waals surface area contributed by atoms with Crippen LogP contribution in [0, 0.1) is 11.3 Å². The monoisotopic (exact) mass is 313 g/mol. The van der Waals surface area contributed by atoms with Crippen LogP contribution in [0.2, 0.25) is 0 Å². The van der Waals surface area contributed by atoms with Crippen LogP contribution in [0.5, 0.6) is 0 Å². The number of nitriles is 1. The third kappa shape index (κ3) is 3.94. The minimum absolute atomic E-state index is 0.0962. The molecule has 22 heavy (non-hydrogen) atoms. The number of hydrogen-bond donors (Lipinski definition) is 1. The predicted octanol–water partition coefficient (Wildman–Crippen LogP) is 3.47. The molecule has 1 aromatic heterocycles. The van der Waals surface area contributed by atoms with E-state index in [0.717, 1.165) is 13.1 Å². The Morgan fingerprint density at radius 2 is 2.14 bits per heavy atom. The van der Waals surface area contributed by atoms with Gasteiger partial charge in [-0.3, -0.25) is 9.69 Å². The van der Waals surface area contributed by atoms with E-state index in [4.69, 9.17) is 5.26 Å². The van der Waals surface area contributed by atoms with E-state index in [1.165, 1.54) is 4.88 Å². The van der Waals surface area contributed by atoms with E-state index in [9.17, 15) is 4.79 Å². The fourth-order valence-electron chi connectivity index (χ4n) is 2.22. The molecule has 0 aliphatic heterocycles. The second-order valence-electron chi connectivity index (χ2n) is 4.97. The molecule has 114 valence electrons. The number of likely N-dealkylation sites (N-methyl/N-ethyl adjacent to an activating group) is 1. The molecule has 2 rings (SSSR count). The molecule has 2 aromatic rings. The largest absolute Gasteiger partial charge is 0.324 e. The zero-order valence-corrected chi connectivity index (χ0v) is 13.6. The lowest BCUT2D eigenvalue weighted by atomic mass is 10.1. The molecule has 0 bridgehead atoms. The summed E-state index contributed by atoms with van der Waals surface area (Å²) in [6.45, 7) is 5.47. The van der Waals surface area contributed by atoms with Crippen LogP contribution in [0.15, 0.2) is 41.8 Å². The molecule has 1 aromatic carbocycles. The lowest BCUT2D eigenvalue weighted by molar-refractivity contribution is -0.120. The Bertz CT molecular complexity index is 661. The van der Waals surface area contributed by atoms with Crippen molar-refractivity contribution >= 4 is 22.9 Å². The zero-order valence-electron chi connectivity index (χ0n) is 12.7. The average Bonchev–Trinajstić information content (AvgIpc) is 3.05. The van der Waals surface area contributed by atoms with Crippen LogP contribution in [0.3, 0.4) is 0 Å². The summed E-state index contributed by atoms with van der Waals surface area (Å²) < 4.78 is 0. The second kappa shape index (κ2) is 7.74. The Labute approximate surface area is 135 Å². The molecular weight excluding hydrogens is 294 g/mol. The Balaban J connectivity index is 2.05. The summed E-state index contributed by atoms with van der Waals surface area (Å²) >= 11 is 1.69. The van der Waals surface area contributed by atoms with Crippen molar-refractivity contribution in [2.24, 2.45) is 0 Å².